The first kappa shape index (κ1) is 14.9. The van der Waals surface area contributed by atoms with Gasteiger partial charge in [0, 0.05) is 23.6 Å². The predicted molar refractivity (Wildman–Crippen MR) is 74.6 cm³/mol. The largest absolute Gasteiger partial charge is 0.388 e. The molecule has 0 bridgehead atoms. The van der Waals surface area contributed by atoms with Gasteiger partial charge in [0.05, 0.1) is 6.10 Å². The topological polar surface area (TPSA) is 46.2 Å². The first-order valence-electron chi connectivity index (χ1n) is 6.11. The van der Waals surface area contributed by atoms with Gasteiger partial charge >= 0.3 is 0 Å². The van der Waals surface area contributed by atoms with Gasteiger partial charge in [-0.3, -0.25) is 0 Å². The third kappa shape index (κ3) is 3.15. The van der Waals surface area contributed by atoms with Gasteiger partial charge in [-0.25, -0.2) is 8.78 Å². The van der Waals surface area contributed by atoms with Crippen LogP contribution < -0.4 is 5.73 Å². The van der Waals surface area contributed by atoms with Gasteiger partial charge in [0.25, 0.3) is 0 Å². The SMILES string of the molecule is NCC(c1ccc(F)cc1F)C(O)c1cccc(Cl)c1. The zero-order valence-electron chi connectivity index (χ0n) is 10.6. The second-order valence-electron chi connectivity index (χ2n) is 4.51. The molecule has 0 aliphatic rings. The molecule has 0 heterocycles. The third-order valence-electron chi connectivity index (χ3n) is 3.19. The monoisotopic (exact) mass is 297 g/mol. The van der Waals surface area contributed by atoms with E-state index >= 15 is 0 Å². The molecule has 2 unspecified atom stereocenters. The van der Waals surface area contributed by atoms with Gasteiger partial charge in [0.2, 0.25) is 0 Å². The minimum atomic E-state index is -1.02. The molecule has 0 fully saturated rings. The first-order valence-corrected chi connectivity index (χ1v) is 6.49. The summed E-state index contributed by atoms with van der Waals surface area (Å²) in [5.41, 5.74) is 6.36. The van der Waals surface area contributed by atoms with Crippen molar-refractivity contribution in [1.29, 1.82) is 0 Å². The molecule has 106 valence electrons. The average molecular weight is 298 g/mol. The number of rotatable bonds is 4. The Balaban J connectivity index is 2.36. The Kier molecular flexibility index (Phi) is 4.70. The van der Waals surface area contributed by atoms with E-state index in [0.717, 1.165) is 12.1 Å². The van der Waals surface area contributed by atoms with Crippen LogP contribution in [0.15, 0.2) is 42.5 Å². The Labute approximate surface area is 120 Å². The first-order chi connectivity index (χ1) is 9.52. The molecule has 2 atom stereocenters. The lowest BCUT2D eigenvalue weighted by molar-refractivity contribution is 0.145. The lowest BCUT2D eigenvalue weighted by atomic mass is 9.89. The molecule has 0 aromatic heterocycles. The average Bonchev–Trinajstić information content (AvgIpc) is 2.41. The van der Waals surface area contributed by atoms with E-state index in [-0.39, 0.29) is 12.1 Å². The fourth-order valence-electron chi connectivity index (χ4n) is 2.15. The number of hydrogen-bond acceptors (Lipinski definition) is 2. The fourth-order valence-corrected chi connectivity index (χ4v) is 2.35. The van der Waals surface area contributed by atoms with Crippen molar-refractivity contribution in [2.45, 2.75) is 12.0 Å². The highest BCUT2D eigenvalue weighted by atomic mass is 35.5. The molecule has 0 aliphatic carbocycles. The van der Waals surface area contributed by atoms with Gasteiger partial charge < -0.3 is 10.8 Å². The molecule has 0 amide bonds. The van der Waals surface area contributed by atoms with Crippen LogP contribution in [0.5, 0.6) is 0 Å². The molecular weight excluding hydrogens is 284 g/mol. The number of benzene rings is 2. The van der Waals surface area contributed by atoms with Crippen LogP contribution in [-0.4, -0.2) is 11.7 Å². The van der Waals surface area contributed by atoms with Crippen LogP contribution in [-0.2, 0) is 0 Å². The Morgan fingerprint density at radius 3 is 2.50 bits per heavy atom. The van der Waals surface area contributed by atoms with Crippen LogP contribution in [0.3, 0.4) is 0 Å². The molecule has 20 heavy (non-hydrogen) atoms. The molecule has 0 saturated heterocycles. The molecule has 0 aliphatic heterocycles. The van der Waals surface area contributed by atoms with E-state index in [0.29, 0.717) is 10.6 Å². The van der Waals surface area contributed by atoms with Crippen molar-refractivity contribution < 1.29 is 13.9 Å². The van der Waals surface area contributed by atoms with Crippen molar-refractivity contribution in [1.82, 2.24) is 0 Å². The van der Waals surface area contributed by atoms with Crippen LogP contribution >= 0.6 is 11.6 Å². The van der Waals surface area contributed by atoms with Crippen LogP contribution in [0.1, 0.15) is 23.1 Å². The molecule has 2 aromatic rings. The normalized spacial score (nSPS) is 14.1. The molecular formula is C15H14ClF2NO. The Bertz CT molecular complexity index is 606. The van der Waals surface area contributed by atoms with Gasteiger partial charge in [0.15, 0.2) is 0 Å². The molecule has 0 spiro atoms. The summed E-state index contributed by atoms with van der Waals surface area (Å²) in [6, 6.07) is 9.87. The highest BCUT2D eigenvalue weighted by Gasteiger charge is 2.24. The van der Waals surface area contributed by atoms with E-state index in [1.807, 2.05) is 0 Å². The van der Waals surface area contributed by atoms with Crippen LogP contribution in [0, 0.1) is 11.6 Å². The highest BCUT2D eigenvalue weighted by molar-refractivity contribution is 6.30. The second kappa shape index (κ2) is 6.31. The van der Waals surface area contributed by atoms with Crippen LogP contribution in [0.25, 0.3) is 0 Å². The van der Waals surface area contributed by atoms with E-state index in [2.05, 4.69) is 0 Å². The van der Waals surface area contributed by atoms with Crippen molar-refractivity contribution in [2.24, 2.45) is 5.73 Å². The summed E-state index contributed by atoms with van der Waals surface area (Å²) in [4.78, 5) is 0. The molecule has 3 N–H and O–H groups in total. The Morgan fingerprint density at radius 1 is 1.15 bits per heavy atom. The maximum absolute atomic E-state index is 13.8. The summed E-state index contributed by atoms with van der Waals surface area (Å²) >= 11 is 5.87. The number of hydrogen-bond donors (Lipinski definition) is 2. The summed E-state index contributed by atoms with van der Waals surface area (Å²) in [6.45, 7) is 0.0240. The summed E-state index contributed by atoms with van der Waals surface area (Å²) in [6.07, 6.45) is -1.02. The van der Waals surface area contributed by atoms with E-state index < -0.39 is 23.7 Å². The summed E-state index contributed by atoms with van der Waals surface area (Å²) in [7, 11) is 0. The lowest BCUT2D eigenvalue weighted by Gasteiger charge is -2.23. The molecule has 5 heteroatoms. The fraction of sp³-hybridized carbons (Fsp3) is 0.200. The van der Waals surface area contributed by atoms with Gasteiger partial charge in [-0.15, -0.1) is 0 Å². The van der Waals surface area contributed by atoms with E-state index in [1.54, 1.807) is 24.3 Å². The van der Waals surface area contributed by atoms with Crippen LogP contribution in [0.4, 0.5) is 8.78 Å². The van der Waals surface area contributed by atoms with Gasteiger partial charge in [-0.05, 0) is 29.3 Å². The van der Waals surface area contributed by atoms with E-state index in [9.17, 15) is 13.9 Å². The Morgan fingerprint density at radius 2 is 1.90 bits per heavy atom. The van der Waals surface area contributed by atoms with Crippen molar-refractivity contribution in [3.8, 4) is 0 Å². The summed E-state index contributed by atoms with van der Waals surface area (Å²) in [5, 5.41) is 10.8. The molecule has 0 radical (unpaired) electrons. The van der Waals surface area contributed by atoms with Crippen molar-refractivity contribution >= 4 is 11.6 Å². The van der Waals surface area contributed by atoms with Crippen molar-refractivity contribution in [3.05, 3.63) is 70.2 Å². The van der Waals surface area contributed by atoms with Crippen molar-refractivity contribution in [3.63, 3.8) is 0 Å². The molecule has 2 aromatic carbocycles. The zero-order valence-corrected chi connectivity index (χ0v) is 11.3. The van der Waals surface area contributed by atoms with Gasteiger partial charge in [0.1, 0.15) is 11.6 Å². The summed E-state index contributed by atoms with van der Waals surface area (Å²) in [5.74, 6) is -2.06. The van der Waals surface area contributed by atoms with Crippen LogP contribution in [0.2, 0.25) is 5.02 Å². The molecule has 2 rings (SSSR count). The van der Waals surface area contributed by atoms with E-state index in [4.69, 9.17) is 17.3 Å². The quantitative estimate of drug-likeness (QED) is 0.908. The minimum absolute atomic E-state index is 0.0240. The van der Waals surface area contributed by atoms with E-state index in [1.165, 1.54) is 6.07 Å². The smallest absolute Gasteiger partial charge is 0.129 e. The maximum atomic E-state index is 13.8. The van der Waals surface area contributed by atoms with Gasteiger partial charge in [-0.1, -0.05) is 29.8 Å². The molecule has 0 saturated carbocycles. The number of nitrogens with two attached hydrogens (primary N) is 1. The number of aliphatic hydroxyl groups excluding tert-OH is 1. The Hall–Kier alpha value is -1.49. The minimum Gasteiger partial charge on any atom is -0.388 e. The lowest BCUT2D eigenvalue weighted by Crippen LogP contribution is -2.21. The maximum Gasteiger partial charge on any atom is 0.129 e. The standard InChI is InChI=1S/C15H14ClF2NO/c16-10-3-1-2-9(6-10)15(20)13(8-19)12-5-4-11(17)7-14(12)18/h1-7,13,15,20H,8,19H2. The highest BCUT2D eigenvalue weighted by Crippen LogP contribution is 2.32. The number of aliphatic hydroxyl groups is 1. The molecule has 2 nitrogen and oxygen atoms in total. The zero-order chi connectivity index (χ0) is 14.7. The van der Waals surface area contributed by atoms with Gasteiger partial charge in [-0.2, -0.15) is 0 Å². The summed E-state index contributed by atoms with van der Waals surface area (Å²) < 4.78 is 26.8. The third-order valence-corrected chi connectivity index (χ3v) is 3.42. The predicted octanol–water partition coefficient (Wildman–Crippen LogP) is 3.39. The second-order valence-corrected chi connectivity index (χ2v) is 4.94. The van der Waals surface area contributed by atoms with Crippen molar-refractivity contribution in [2.75, 3.05) is 6.54 Å². The number of halogens is 3.